The van der Waals surface area contributed by atoms with Crippen molar-refractivity contribution < 1.29 is 4.79 Å². The fraction of sp³-hybridized carbons (Fsp3) is 0.583. The van der Waals surface area contributed by atoms with Crippen molar-refractivity contribution in [1.29, 1.82) is 0 Å². The first-order valence-electron chi connectivity index (χ1n) is 5.29. The zero-order valence-corrected chi connectivity index (χ0v) is 9.12. The van der Waals surface area contributed by atoms with E-state index >= 15 is 0 Å². The molecule has 1 aliphatic rings. The Morgan fingerprint density at radius 1 is 1.57 bits per heavy atom. The van der Waals surface area contributed by atoms with Crippen LogP contribution in [-0.2, 0) is 4.79 Å². The summed E-state index contributed by atoms with van der Waals surface area (Å²) in [4.78, 5) is 13.9. The smallest absolute Gasteiger partial charge is 0.163 e. The Morgan fingerprint density at radius 3 is 3.00 bits per heavy atom. The second-order valence-electron chi connectivity index (χ2n) is 3.76. The number of hydrogen-bond donors (Lipinski definition) is 0. The highest BCUT2D eigenvalue weighted by molar-refractivity contribution is 5.96. The first-order chi connectivity index (χ1) is 6.74. The van der Waals surface area contributed by atoms with Crippen molar-refractivity contribution >= 4 is 5.78 Å². The molecule has 0 bridgehead atoms. The van der Waals surface area contributed by atoms with Gasteiger partial charge in [-0.1, -0.05) is 25.2 Å². The summed E-state index contributed by atoms with van der Waals surface area (Å²) in [6, 6.07) is 0. The molecule has 14 heavy (non-hydrogen) atoms. The van der Waals surface area contributed by atoms with Gasteiger partial charge < -0.3 is 4.90 Å². The highest BCUT2D eigenvalue weighted by Gasteiger charge is 2.13. The fourth-order valence-corrected chi connectivity index (χ4v) is 1.58. The summed E-state index contributed by atoms with van der Waals surface area (Å²) in [6.45, 7) is 3.97. The minimum absolute atomic E-state index is 0.279. The Labute approximate surface area is 86.3 Å². The molecule has 1 rings (SSSR count). The van der Waals surface area contributed by atoms with Gasteiger partial charge in [0.25, 0.3) is 0 Å². The van der Waals surface area contributed by atoms with Crippen molar-refractivity contribution in [3.05, 3.63) is 23.8 Å². The summed E-state index contributed by atoms with van der Waals surface area (Å²) in [5.74, 6) is 0.279. The monoisotopic (exact) mass is 193 g/mol. The SMILES string of the molecule is CC/C=C/CC(=O)C1=CCCN(C)C1. The minimum Gasteiger partial charge on any atom is -0.302 e. The highest BCUT2D eigenvalue weighted by Crippen LogP contribution is 2.10. The van der Waals surface area contributed by atoms with Gasteiger partial charge in [0.05, 0.1) is 0 Å². The number of allylic oxidation sites excluding steroid dienone is 2. The molecule has 0 unspecified atom stereocenters. The molecule has 78 valence electrons. The van der Waals surface area contributed by atoms with E-state index in [1.54, 1.807) is 0 Å². The lowest BCUT2D eigenvalue weighted by Gasteiger charge is -2.21. The quantitative estimate of drug-likeness (QED) is 0.638. The molecule has 0 amide bonds. The maximum Gasteiger partial charge on any atom is 0.163 e. The van der Waals surface area contributed by atoms with E-state index < -0.39 is 0 Å². The van der Waals surface area contributed by atoms with E-state index in [4.69, 9.17) is 0 Å². The zero-order valence-electron chi connectivity index (χ0n) is 9.12. The predicted octanol–water partition coefficient (Wildman–Crippen LogP) is 2.17. The maximum absolute atomic E-state index is 11.7. The largest absolute Gasteiger partial charge is 0.302 e. The van der Waals surface area contributed by atoms with Crippen molar-refractivity contribution in [2.45, 2.75) is 26.2 Å². The molecule has 1 aliphatic heterocycles. The molecule has 0 radical (unpaired) electrons. The molecule has 1 heterocycles. The highest BCUT2D eigenvalue weighted by atomic mass is 16.1. The summed E-state index contributed by atoms with van der Waals surface area (Å²) in [6.07, 6.45) is 8.68. The van der Waals surface area contributed by atoms with Gasteiger partial charge >= 0.3 is 0 Å². The standard InChI is InChI=1S/C12H19NO/c1-3-4-5-8-12(14)11-7-6-9-13(2)10-11/h4-5,7H,3,6,8-10H2,1-2H3/b5-4+. The van der Waals surface area contributed by atoms with E-state index in [2.05, 4.69) is 24.9 Å². The summed E-state index contributed by atoms with van der Waals surface area (Å²) < 4.78 is 0. The molecular weight excluding hydrogens is 174 g/mol. The van der Waals surface area contributed by atoms with Crippen LogP contribution in [0.5, 0.6) is 0 Å². The predicted molar refractivity (Wildman–Crippen MR) is 59.3 cm³/mol. The van der Waals surface area contributed by atoms with Crippen LogP contribution < -0.4 is 0 Å². The first kappa shape index (κ1) is 11.2. The average molecular weight is 193 g/mol. The zero-order chi connectivity index (χ0) is 10.4. The van der Waals surface area contributed by atoms with E-state index in [1.807, 2.05) is 12.2 Å². The first-order valence-corrected chi connectivity index (χ1v) is 5.29. The molecule has 2 nitrogen and oxygen atoms in total. The van der Waals surface area contributed by atoms with Crippen LogP contribution in [0.25, 0.3) is 0 Å². The van der Waals surface area contributed by atoms with Gasteiger partial charge in [-0.15, -0.1) is 0 Å². The Kier molecular flexibility index (Phi) is 4.60. The molecular formula is C12H19NO. The molecule has 2 heteroatoms. The second kappa shape index (κ2) is 5.76. The third kappa shape index (κ3) is 3.46. The second-order valence-corrected chi connectivity index (χ2v) is 3.76. The molecule has 0 saturated carbocycles. The van der Waals surface area contributed by atoms with Crippen molar-refractivity contribution in [1.82, 2.24) is 4.90 Å². The molecule has 0 fully saturated rings. The topological polar surface area (TPSA) is 20.3 Å². The van der Waals surface area contributed by atoms with Crippen molar-refractivity contribution in [2.24, 2.45) is 0 Å². The van der Waals surface area contributed by atoms with Crippen LogP contribution >= 0.6 is 0 Å². The normalized spacial score (nSPS) is 18.6. The van der Waals surface area contributed by atoms with E-state index in [1.165, 1.54) is 0 Å². The Hall–Kier alpha value is -0.890. The van der Waals surface area contributed by atoms with Crippen LogP contribution in [0.15, 0.2) is 23.8 Å². The van der Waals surface area contributed by atoms with Gasteiger partial charge in [0.1, 0.15) is 0 Å². The Balaban J connectivity index is 2.44. The van der Waals surface area contributed by atoms with Crippen LogP contribution in [0, 0.1) is 0 Å². The molecule has 0 spiro atoms. The Morgan fingerprint density at radius 2 is 2.36 bits per heavy atom. The average Bonchev–Trinajstić information content (AvgIpc) is 2.18. The number of likely N-dealkylation sites (N-methyl/N-ethyl adjacent to an activating group) is 1. The minimum atomic E-state index is 0.279. The van der Waals surface area contributed by atoms with E-state index in [0.29, 0.717) is 6.42 Å². The molecule has 0 atom stereocenters. The lowest BCUT2D eigenvalue weighted by atomic mass is 10.0. The van der Waals surface area contributed by atoms with Crippen LogP contribution in [0.2, 0.25) is 0 Å². The number of carbonyl (C=O) groups is 1. The van der Waals surface area contributed by atoms with Crippen molar-refractivity contribution in [3.63, 3.8) is 0 Å². The number of rotatable bonds is 4. The molecule has 0 aliphatic carbocycles. The van der Waals surface area contributed by atoms with Crippen LogP contribution in [0.1, 0.15) is 26.2 Å². The van der Waals surface area contributed by atoms with Gasteiger partial charge in [0, 0.05) is 25.1 Å². The molecule has 0 saturated heterocycles. The molecule has 0 aromatic carbocycles. The van der Waals surface area contributed by atoms with Gasteiger partial charge in [-0.2, -0.15) is 0 Å². The Bertz CT molecular complexity index is 253. The fourth-order valence-electron chi connectivity index (χ4n) is 1.58. The van der Waals surface area contributed by atoms with Gasteiger partial charge in [0.15, 0.2) is 5.78 Å². The summed E-state index contributed by atoms with van der Waals surface area (Å²) >= 11 is 0. The number of ketones is 1. The number of carbonyl (C=O) groups excluding carboxylic acids is 1. The van der Waals surface area contributed by atoms with Crippen molar-refractivity contribution in [2.75, 3.05) is 20.1 Å². The van der Waals surface area contributed by atoms with E-state index in [9.17, 15) is 4.79 Å². The summed E-state index contributed by atoms with van der Waals surface area (Å²) in [5.41, 5.74) is 0.986. The van der Waals surface area contributed by atoms with Crippen LogP contribution in [0.4, 0.5) is 0 Å². The maximum atomic E-state index is 11.7. The van der Waals surface area contributed by atoms with Gasteiger partial charge in [0.2, 0.25) is 0 Å². The molecule has 0 aromatic heterocycles. The summed E-state index contributed by atoms with van der Waals surface area (Å²) in [5, 5.41) is 0. The van der Waals surface area contributed by atoms with Gasteiger partial charge in [-0.3, -0.25) is 4.79 Å². The van der Waals surface area contributed by atoms with E-state index in [-0.39, 0.29) is 5.78 Å². The van der Waals surface area contributed by atoms with Gasteiger partial charge in [-0.25, -0.2) is 0 Å². The van der Waals surface area contributed by atoms with Gasteiger partial charge in [-0.05, 0) is 19.9 Å². The van der Waals surface area contributed by atoms with Crippen LogP contribution in [-0.4, -0.2) is 30.8 Å². The lowest BCUT2D eigenvalue weighted by Crippen LogP contribution is -2.28. The van der Waals surface area contributed by atoms with Crippen molar-refractivity contribution in [3.8, 4) is 0 Å². The van der Waals surface area contributed by atoms with Crippen LogP contribution in [0.3, 0.4) is 0 Å². The summed E-state index contributed by atoms with van der Waals surface area (Å²) in [7, 11) is 2.06. The van der Waals surface area contributed by atoms with E-state index in [0.717, 1.165) is 31.5 Å². The lowest BCUT2D eigenvalue weighted by molar-refractivity contribution is -0.115. The number of hydrogen-bond acceptors (Lipinski definition) is 2. The number of Topliss-reactive ketones (excluding diaryl/α,β-unsaturated/α-hetero) is 1. The molecule has 0 N–H and O–H groups in total. The molecule has 0 aromatic rings. The third-order valence-corrected chi connectivity index (χ3v) is 2.41. The number of nitrogens with zero attached hydrogens (tertiary/aromatic N) is 1. The third-order valence-electron chi connectivity index (χ3n) is 2.41.